The second kappa shape index (κ2) is 8.78. The molecule has 6 rings (SSSR count). The number of rotatable bonds is 6. The summed E-state index contributed by atoms with van der Waals surface area (Å²) in [6, 6.07) is 11.4. The van der Waals surface area contributed by atoms with E-state index in [0.29, 0.717) is 28.2 Å². The monoisotopic (exact) mass is 504 g/mol. The quantitative estimate of drug-likeness (QED) is 0.317. The third-order valence-electron chi connectivity index (χ3n) is 5.72. The minimum atomic E-state index is -0.783. The molecule has 1 aliphatic rings. The van der Waals surface area contributed by atoms with Crippen molar-refractivity contribution in [2.45, 2.75) is 13.1 Å². The summed E-state index contributed by atoms with van der Waals surface area (Å²) in [6.45, 7) is 0.360. The number of aromatic amines is 1. The van der Waals surface area contributed by atoms with Crippen molar-refractivity contribution in [2.75, 3.05) is 6.79 Å². The van der Waals surface area contributed by atoms with E-state index in [1.165, 1.54) is 6.07 Å². The van der Waals surface area contributed by atoms with Gasteiger partial charge in [0.2, 0.25) is 6.79 Å². The van der Waals surface area contributed by atoms with Crippen molar-refractivity contribution < 1.29 is 27.9 Å². The lowest BCUT2D eigenvalue weighted by molar-refractivity contribution is 0.0942. The molecule has 0 fully saturated rings. The van der Waals surface area contributed by atoms with Crippen molar-refractivity contribution in [1.82, 2.24) is 30.2 Å². The summed E-state index contributed by atoms with van der Waals surface area (Å²) in [4.78, 5) is 43.8. The first-order valence-electron chi connectivity index (χ1n) is 11.1. The summed E-state index contributed by atoms with van der Waals surface area (Å²) in [5.74, 6) is -1.39. The number of nitrogens with one attached hydrogen (secondary N) is 3. The molecule has 0 atom stereocenters. The first-order valence-corrected chi connectivity index (χ1v) is 11.1. The van der Waals surface area contributed by atoms with Crippen LogP contribution in [0.3, 0.4) is 0 Å². The first-order chi connectivity index (χ1) is 17.9. The zero-order valence-corrected chi connectivity index (χ0v) is 18.9. The van der Waals surface area contributed by atoms with Gasteiger partial charge in [-0.15, -0.1) is 0 Å². The predicted octanol–water partition coefficient (Wildman–Crippen LogP) is 1.89. The SMILES string of the molecule is O=C(NCc1ccc2oc(=O)[nH]c2c1)c1cc(C(=O)NCc2ccc3c(c2)OCO3)n2ncc(F)c2n1. The maximum atomic E-state index is 14.3. The van der Waals surface area contributed by atoms with E-state index in [0.717, 1.165) is 16.3 Å². The van der Waals surface area contributed by atoms with Crippen LogP contribution in [0.25, 0.3) is 16.7 Å². The van der Waals surface area contributed by atoms with Gasteiger partial charge in [0.05, 0.1) is 11.7 Å². The van der Waals surface area contributed by atoms with Gasteiger partial charge < -0.3 is 24.5 Å². The Hall–Kier alpha value is -5.20. The first kappa shape index (κ1) is 22.3. The van der Waals surface area contributed by atoms with Crippen molar-refractivity contribution in [2.24, 2.45) is 0 Å². The highest BCUT2D eigenvalue weighted by Gasteiger charge is 2.20. The van der Waals surface area contributed by atoms with E-state index in [1.807, 2.05) is 0 Å². The van der Waals surface area contributed by atoms with Gasteiger partial charge in [-0.3, -0.25) is 14.6 Å². The molecule has 186 valence electrons. The Balaban J connectivity index is 1.21. The van der Waals surface area contributed by atoms with Gasteiger partial charge in [-0.25, -0.2) is 18.7 Å². The predicted molar refractivity (Wildman–Crippen MR) is 125 cm³/mol. The van der Waals surface area contributed by atoms with Gasteiger partial charge >= 0.3 is 5.76 Å². The molecule has 37 heavy (non-hydrogen) atoms. The molecule has 12 nitrogen and oxygen atoms in total. The van der Waals surface area contributed by atoms with Crippen molar-refractivity contribution in [3.8, 4) is 11.5 Å². The molecule has 0 spiro atoms. The maximum Gasteiger partial charge on any atom is 0.417 e. The Bertz CT molecular complexity index is 1760. The number of halogens is 1. The third kappa shape index (κ3) is 4.22. The molecule has 13 heteroatoms. The van der Waals surface area contributed by atoms with E-state index in [1.54, 1.807) is 36.4 Å². The number of fused-ring (bicyclic) bond motifs is 3. The van der Waals surface area contributed by atoms with Gasteiger partial charge in [-0.05, 0) is 35.4 Å². The number of carbonyl (C=O) groups excluding carboxylic acids is 2. The number of hydrogen-bond acceptors (Lipinski definition) is 8. The number of H-pyrrole nitrogens is 1. The number of nitrogens with zero attached hydrogens (tertiary/aromatic N) is 3. The molecule has 1 aliphatic heterocycles. The highest BCUT2D eigenvalue weighted by molar-refractivity contribution is 5.98. The lowest BCUT2D eigenvalue weighted by Crippen LogP contribution is -2.28. The lowest BCUT2D eigenvalue weighted by atomic mass is 10.2. The van der Waals surface area contributed by atoms with E-state index >= 15 is 0 Å². The summed E-state index contributed by atoms with van der Waals surface area (Å²) in [6.07, 6.45) is 0.916. The average molecular weight is 504 g/mol. The van der Waals surface area contributed by atoms with E-state index in [2.05, 4.69) is 25.7 Å². The van der Waals surface area contributed by atoms with E-state index < -0.39 is 23.4 Å². The van der Waals surface area contributed by atoms with E-state index in [4.69, 9.17) is 13.9 Å². The van der Waals surface area contributed by atoms with Gasteiger partial charge in [0, 0.05) is 19.2 Å². The fraction of sp³-hybridized carbons (Fsp3) is 0.125. The Morgan fingerprint density at radius 3 is 2.62 bits per heavy atom. The molecule has 2 amide bonds. The number of carbonyl (C=O) groups is 2. The van der Waals surface area contributed by atoms with Crippen LogP contribution in [0.4, 0.5) is 4.39 Å². The molecule has 4 heterocycles. The van der Waals surface area contributed by atoms with E-state index in [-0.39, 0.29) is 36.9 Å². The largest absolute Gasteiger partial charge is 0.454 e. The number of hydrogen-bond donors (Lipinski definition) is 3. The van der Waals surface area contributed by atoms with Crippen LogP contribution in [0.5, 0.6) is 11.5 Å². The van der Waals surface area contributed by atoms with Crippen LogP contribution in [0.15, 0.2) is 57.9 Å². The van der Waals surface area contributed by atoms with E-state index in [9.17, 15) is 18.8 Å². The van der Waals surface area contributed by atoms with Crippen LogP contribution < -0.4 is 25.9 Å². The van der Waals surface area contributed by atoms with Crippen molar-refractivity contribution >= 4 is 28.6 Å². The van der Waals surface area contributed by atoms with Gasteiger partial charge in [-0.1, -0.05) is 12.1 Å². The van der Waals surface area contributed by atoms with Crippen LogP contribution in [-0.4, -0.2) is 38.2 Å². The molecule has 0 unspecified atom stereocenters. The smallest absolute Gasteiger partial charge is 0.417 e. The van der Waals surface area contributed by atoms with Gasteiger partial charge in [-0.2, -0.15) is 5.10 Å². The van der Waals surface area contributed by atoms with Crippen LogP contribution in [0.1, 0.15) is 32.1 Å². The van der Waals surface area contributed by atoms with Crippen molar-refractivity contribution in [3.63, 3.8) is 0 Å². The van der Waals surface area contributed by atoms with Crippen molar-refractivity contribution in [3.05, 3.63) is 87.5 Å². The van der Waals surface area contributed by atoms with Crippen LogP contribution in [-0.2, 0) is 13.1 Å². The Morgan fingerprint density at radius 1 is 1.00 bits per heavy atom. The normalized spacial score (nSPS) is 12.2. The zero-order chi connectivity index (χ0) is 25.5. The summed E-state index contributed by atoms with van der Waals surface area (Å²) < 4.78 is 31.0. The minimum Gasteiger partial charge on any atom is -0.454 e. The van der Waals surface area contributed by atoms with Crippen LogP contribution in [0.2, 0.25) is 0 Å². The Kier molecular flexibility index (Phi) is 5.29. The fourth-order valence-corrected chi connectivity index (χ4v) is 3.92. The topological polar surface area (TPSA) is 153 Å². The molecule has 0 aliphatic carbocycles. The lowest BCUT2D eigenvalue weighted by Gasteiger charge is -2.10. The summed E-state index contributed by atoms with van der Waals surface area (Å²) in [7, 11) is 0. The molecule has 3 N–H and O–H groups in total. The second-order valence-electron chi connectivity index (χ2n) is 8.15. The number of amides is 2. The molecule has 5 aromatic rings. The molecule has 0 bridgehead atoms. The highest BCUT2D eigenvalue weighted by atomic mass is 19.1. The standard InChI is InChI=1S/C24H17FN6O6/c25-14-10-28-31-17(23(33)27-9-13-2-4-19-20(6-13)36-11-35-19)7-16(29-21(14)31)22(32)26-8-12-1-3-18-15(5-12)30-24(34)37-18/h1-7,10H,8-9,11H2,(H,26,32)(H,27,33)(H,30,34). The van der Waals surface area contributed by atoms with Gasteiger partial charge in [0.25, 0.3) is 11.8 Å². The fourth-order valence-electron chi connectivity index (χ4n) is 3.92. The summed E-state index contributed by atoms with van der Waals surface area (Å²) in [5, 5.41) is 9.29. The Labute approximate surface area is 206 Å². The Morgan fingerprint density at radius 2 is 1.76 bits per heavy atom. The molecular weight excluding hydrogens is 487 g/mol. The minimum absolute atomic E-state index is 0.0721. The van der Waals surface area contributed by atoms with Gasteiger partial charge in [0.15, 0.2) is 28.5 Å². The summed E-state index contributed by atoms with van der Waals surface area (Å²) in [5.41, 5.74) is 1.80. The van der Waals surface area contributed by atoms with Crippen LogP contribution >= 0.6 is 0 Å². The number of ether oxygens (including phenoxy) is 2. The molecule has 3 aromatic heterocycles. The second-order valence-corrected chi connectivity index (χ2v) is 8.15. The highest BCUT2D eigenvalue weighted by Crippen LogP contribution is 2.32. The number of oxazole rings is 1. The van der Waals surface area contributed by atoms with Crippen LogP contribution in [0, 0.1) is 5.82 Å². The average Bonchev–Trinajstić information content (AvgIpc) is 3.62. The molecular formula is C24H17FN6O6. The molecule has 0 saturated heterocycles. The van der Waals surface area contributed by atoms with Gasteiger partial charge in [0.1, 0.15) is 11.4 Å². The third-order valence-corrected chi connectivity index (χ3v) is 5.72. The number of benzene rings is 2. The number of aromatic nitrogens is 4. The molecule has 0 radical (unpaired) electrons. The molecule has 2 aromatic carbocycles. The zero-order valence-electron chi connectivity index (χ0n) is 18.9. The summed E-state index contributed by atoms with van der Waals surface area (Å²) >= 11 is 0. The van der Waals surface area contributed by atoms with Crippen molar-refractivity contribution in [1.29, 1.82) is 0 Å². The maximum absolute atomic E-state index is 14.3. The molecule has 0 saturated carbocycles.